The van der Waals surface area contributed by atoms with E-state index < -0.39 is 16.1 Å². The first-order chi connectivity index (χ1) is 14.6. The topological polar surface area (TPSA) is 0 Å². The van der Waals surface area contributed by atoms with E-state index in [-0.39, 0.29) is 46.5 Å². The minimum Gasteiger partial charge on any atom is -1.00 e. The number of halogens is 2. The first-order valence-corrected chi connectivity index (χ1v) is 18.5. The second-order valence-electron chi connectivity index (χ2n) is 10.3. The molecule has 0 radical (unpaired) electrons. The third-order valence-electron chi connectivity index (χ3n) is 8.51. The predicted molar refractivity (Wildman–Crippen MR) is 139 cm³/mol. The van der Waals surface area contributed by atoms with Gasteiger partial charge in [0, 0.05) is 16.1 Å². The summed E-state index contributed by atoms with van der Waals surface area (Å²) in [5.41, 5.74) is 3.19. The Balaban J connectivity index is 0.000000569. The van der Waals surface area contributed by atoms with E-state index >= 15 is 0 Å². The van der Waals surface area contributed by atoms with Crippen molar-refractivity contribution in [2.45, 2.75) is 128 Å². The van der Waals surface area contributed by atoms with Crippen molar-refractivity contribution in [1.82, 2.24) is 0 Å². The third kappa shape index (κ3) is 8.36. The SMILES string of the molecule is CCCCC1=[C-]C([Si]2(CC)CCC2)=CC1.CCCCC1=[C-]C([Si]2(CC)CCC2)=CC1.[Cl-].[Cl-].[Ti+4]. The number of unbranched alkanes of at least 4 members (excludes halogenated alkanes) is 2. The fourth-order valence-electron chi connectivity index (χ4n) is 5.68. The zero-order valence-corrected chi connectivity index (χ0v) is 26.8. The van der Waals surface area contributed by atoms with Crippen LogP contribution in [0.1, 0.15) is 91.9 Å². The molecule has 2 aliphatic carbocycles. The van der Waals surface area contributed by atoms with Crippen LogP contribution in [-0.4, -0.2) is 16.1 Å². The number of hydrogen-bond acceptors (Lipinski definition) is 0. The normalized spacial score (nSPS) is 21.2. The van der Waals surface area contributed by atoms with Gasteiger partial charge < -0.3 is 24.8 Å². The average molecular weight is 558 g/mol. The van der Waals surface area contributed by atoms with Crippen molar-refractivity contribution in [2.75, 3.05) is 0 Å². The molecule has 0 atom stereocenters. The summed E-state index contributed by atoms with van der Waals surface area (Å²) in [6, 6.07) is 9.08. The summed E-state index contributed by atoms with van der Waals surface area (Å²) in [6.45, 7) is 9.35. The van der Waals surface area contributed by atoms with Crippen molar-refractivity contribution in [3.63, 3.8) is 0 Å². The molecule has 5 heteroatoms. The average Bonchev–Trinajstić information content (AvgIpc) is 3.35. The van der Waals surface area contributed by atoms with Gasteiger partial charge in [0.25, 0.3) is 0 Å². The molecular weight excluding hydrogens is 511 g/mol. The van der Waals surface area contributed by atoms with Gasteiger partial charge in [-0.3, -0.25) is 12.2 Å². The minimum absolute atomic E-state index is 0. The van der Waals surface area contributed by atoms with E-state index in [9.17, 15) is 0 Å². The van der Waals surface area contributed by atoms with E-state index in [1.807, 2.05) is 0 Å². The molecule has 0 aromatic rings. The van der Waals surface area contributed by atoms with Gasteiger partial charge in [-0.1, -0.05) is 128 Å². The second-order valence-corrected chi connectivity index (χ2v) is 19.9. The Bertz CT molecular complexity index is 630. The summed E-state index contributed by atoms with van der Waals surface area (Å²) < 4.78 is 0. The Morgan fingerprint density at radius 2 is 1.03 bits per heavy atom. The second kappa shape index (κ2) is 16.4. The van der Waals surface area contributed by atoms with Gasteiger partial charge in [-0.15, -0.1) is 0 Å². The van der Waals surface area contributed by atoms with Gasteiger partial charge in [-0.05, 0) is 0 Å². The van der Waals surface area contributed by atoms with Gasteiger partial charge in [-0.2, -0.15) is 11.1 Å². The van der Waals surface area contributed by atoms with Crippen LogP contribution in [-0.2, 0) is 21.7 Å². The van der Waals surface area contributed by atoms with Crippen LogP contribution in [0, 0.1) is 12.2 Å². The molecule has 2 saturated heterocycles. The van der Waals surface area contributed by atoms with E-state index in [0.717, 1.165) is 0 Å². The van der Waals surface area contributed by atoms with Crippen LogP contribution >= 0.6 is 0 Å². The fraction of sp³-hybridized carbons (Fsp3) is 0.714. The van der Waals surface area contributed by atoms with Crippen molar-refractivity contribution in [3.8, 4) is 0 Å². The molecule has 0 bridgehead atoms. The van der Waals surface area contributed by atoms with Crippen LogP contribution in [0.4, 0.5) is 0 Å². The number of rotatable bonds is 10. The van der Waals surface area contributed by atoms with Crippen molar-refractivity contribution in [2.24, 2.45) is 0 Å². The van der Waals surface area contributed by atoms with Gasteiger partial charge >= 0.3 is 21.7 Å². The Morgan fingerprint density at radius 1 is 0.667 bits per heavy atom. The molecule has 0 saturated carbocycles. The van der Waals surface area contributed by atoms with E-state index in [1.54, 1.807) is 45.7 Å². The summed E-state index contributed by atoms with van der Waals surface area (Å²) in [5, 5.41) is 3.39. The van der Waals surface area contributed by atoms with Crippen LogP contribution in [0.2, 0.25) is 36.3 Å². The Morgan fingerprint density at radius 3 is 1.27 bits per heavy atom. The van der Waals surface area contributed by atoms with E-state index in [0.29, 0.717) is 0 Å². The fourth-order valence-corrected chi connectivity index (χ4v) is 13.3. The Labute approximate surface area is 235 Å². The molecule has 0 aromatic carbocycles. The van der Waals surface area contributed by atoms with Gasteiger partial charge in [0.2, 0.25) is 0 Å². The number of allylic oxidation sites excluding steroid dienone is 8. The monoisotopic (exact) mass is 556 g/mol. The molecular formula is C28H46Cl2Si2Ti. The third-order valence-corrected chi connectivity index (χ3v) is 19.4. The van der Waals surface area contributed by atoms with Crippen LogP contribution in [0.15, 0.2) is 33.7 Å². The van der Waals surface area contributed by atoms with Crippen LogP contribution in [0.3, 0.4) is 0 Å². The Kier molecular flexibility index (Phi) is 16.8. The molecule has 0 aromatic heterocycles. The predicted octanol–water partition coefficient (Wildman–Crippen LogP) is 3.30. The maximum atomic E-state index is 3.76. The zero-order chi connectivity index (χ0) is 21.5. The molecule has 0 N–H and O–H groups in total. The van der Waals surface area contributed by atoms with Crippen LogP contribution < -0.4 is 24.8 Å². The van der Waals surface area contributed by atoms with Crippen molar-refractivity contribution in [1.29, 1.82) is 0 Å². The molecule has 2 aliphatic heterocycles. The van der Waals surface area contributed by atoms with E-state index in [2.05, 4.69) is 52.0 Å². The molecule has 2 heterocycles. The molecule has 0 amide bonds. The van der Waals surface area contributed by atoms with Gasteiger partial charge in [0.15, 0.2) is 0 Å². The van der Waals surface area contributed by atoms with Crippen LogP contribution in [0.5, 0.6) is 0 Å². The summed E-state index contributed by atoms with van der Waals surface area (Å²) >= 11 is 0. The quantitative estimate of drug-likeness (QED) is 0.286. The molecule has 2 fully saturated rings. The van der Waals surface area contributed by atoms with Gasteiger partial charge in [0.1, 0.15) is 0 Å². The van der Waals surface area contributed by atoms with Gasteiger partial charge in [0.05, 0.1) is 0 Å². The van der Waals surface area contributed by atoms with Crippen LogP contribution in [0.25, 0.3) is 0 Å². The molecule has 33 heavy (non-hydrogen) atoms. The molecule has 0 unspecified atom stereocenters. The summed E-state index contributed by atoms with van der Waals surface area (Å²) in [5.74, 6) is 0. The van der Waals surface area contributed by atoms with Crippen molar-refractivity contribution >= 4 is 16.1 Å². The first kappa shape index (κ1) is 33.7. The van der Waals surface area contributed by atoms with E-state index in [1.165, 1.54) is 76.3 Å². The first-order valence-electron chi connectivity index (χ1n) is 13.3. The molecule has 4 rings (SSSR count). The maximum Gasteiger partial charge on any atom is 4.00 e. The minimum atomic E-state index is -0.936. The standard InChI is InChI=1S/2C14H23Si.2ClH.Ti/c2*1-3-5-7-13-8-9-14(12-13)15(4-2)10-6-11-15;;;/h2*9H,3-8,10-11H2,1-2H3;2*1H;/q2*-1;;;+4/p-2. The molecule has 0 spiro atoms. The summed E-state index contributed by atoms with van der Waals surface area (Å²) in [4.78, 5) is 0. The zero-order valence-electron chi connectivity index (χ0n) is 21.7. The largest absolute Gasteiger partial charge is 4.00 e. The van der Waals surface area contributed by atoms with Gasteiger partial charge in [-0.25, -0.2) is 22.5 Å². The van der Waals surface area contributed by atoms with Crippen molar-refractivity contribution < 1.29 is 46.5 Å². The smallest absolute Gasteiger partial charge is 1.00 e. The molecule has 0 nitrogen and oxygen atoms in total. The summed E-state index contributed by atoms with van der Waals surface area (Å²) in [7, 11) is -1.87. The molecule has 184 valence electrons. The van der Waals surface area contributed by atoms with E-state index in [4.69, 9.17) is 0 Å². The molecule has 4 aliphatic rings. The maximum absolute atomic E-state index is 3.76. The van der Waals surface area contributed by atoms with Crippen molar-refractivity contribution in [3.05, 3.63) is 45.8 Å². The Hall–Kier alpha value is 0.688. The summed E-state index contributed by atoms with van der Waals surface area (Å²) in [6.07, 6.45) is 25.9. The number of hydrogen-bond donors (Lipinski definition) is 0.